The zero-order valence-electron chi connectivity index (χ0n) is 9.32. The molecule has 8 heteroatoms. The Kier molecular flexibility index (Phi) is 4.33. The van der Waals surface area contributed by atoms with Gasteiger partial charge in [0.2, 0.25) is 5.88 Å². The number of pyridine rings is 1. The highest BCUT2D eigenvalue weighted by molar-refractivity contribution is 5.48. The summed E-state index contributed by atoms with van der Waals surface area (Å²) in [6.45, 7) is -0.361. The van der Waals surface area contributed by atoms with Crippen molar-refractivity contribution in [1.29, 1.82) is 5.26 Å². The summed E-state index contributed by atoms with van der Waals surface area (Å²) in [6, 6.07) is 3.37. The fourth-order valence-corrected chi connectivity index (χ4v) is 1.16. The zero-order valence-corrected chi connectivity index (χ0v) is 9.32. The van der Waals surface area contributed by atoms with E-state index in [-0.39, 0.29) is 12.4 Å². The molecule has 0 spiro atoms. The third-order valence-electron chi connectivity index (χ3n) is 2.00. The highest BCUT2D eigenvalue weighted by Gasteiger charge is 2.34. The maximum Gasteiger partial charge on any atom is 0.419 e. The summed E-state index contributed by atoms with van der Waals surface area (Å²) < 4.78 is 42.6. The topological polar surface area (TPSA) is 78.2 Å². The second-order valence-corrected chi connectivity index (χ2v) is 3.27. The van der Waals surface area contributed by atoms with Gasteiger partial charge in [0, 0.05) is 6.07 Å². The molecule has 18 heavy (non-hydrogen) atoms. The van der Waals surface area contributed by atoms with Crippen LogP contribution in [-0.2, 0) is 6.18 Å². The summed E-state index contributed by atoms with van der Waals surface area (Å²) in [5.74, 6) is -0.493. The van der Waals surface area contributed by atoms with E-state index in [0.29, 0.717) is 0 Å². The molecule has 1 heterocycles. The molecule has 1 aromatic heterocycles. The van der Waals surface area contributed by atoms with E-state index in [4.69, 9.17) is 15.1 Å². The molecule has 1 aromatic rings. The van der Waals surface area contributed by atoms with Crippen molar-refractivity contribution in [1.82, 2.24) is 4.98 Å². The van der Waals surface area contributed by atoms with Crippen molar-refractivity contribution in [3.63, 3.8) is 0 Å². The first-order chi connectivity index (χ1) is 8.38. The molecule has 2 N–H and O–H groups in total. The Labute approximate surface area is 101 Å². The Morgan fingerprint density at radius 1 is 1.56 bits per heavy atom. The van der Waals surface area contributed by atoms with Gasteiger partial charge in [-0.1, -0.05) is 0 Å². The molecule has 98 valence electrons. The number of hydrogen-bond acceptors (Lipinski definition) is 5. The monoisotopic (exact) mass is 261 g/mol. The molecule has 0 saturated carbocycles. The van der Waals surface area contributed by atoms with Crippen molar-refractivity contribution in [3.8, 4) is 11.9 Å². The van der Waals surface area contributed by atoms with Crippen molar-refractivity contribution in [2.75, 3.05) is 19.0 Å². The largest absolute Gasteiger partial charge is 0.481 e. The van der Waals surface area contributed by atoms with Crippen molar-refractivity contribution in [2.24, 2.45) is 0 Å². The van der Waals surface area contributed by atoms with Crippen LogP contribution in [0.1, 0.15) is 5.56 Å². The Hall–Kier alpha value is -2.01. The van der Waals surface area contributed by atoms with Gasteiger partial charge in [-0.05, 0) is 6.07 Å². The highest BCUT2D eigenvalue weighted by atomic mass is 19.4. The third-order valence-corrected chi connectivity index (χ3v) is 2.00. The summed E-state index contributed by atoms with van der Waals surface area (Å²) in [4.78, 5) is 3.59. The quantitative estimate of drug-likeness (QED) is 0.801. The predicted molar refractivity (Wildman–Crippen MR) is 55.9 cm³/mol. The molecular weight excluding hydrogens is 251 g/mol. The number of aromatic nitrogens is 1. The average molecular weight is 261 g/mol. The van der Waals surface area contributed by atoms with E-state index < -0.39 is 23.7 Å². The Morgan fingerprint density at radius 2 is 2.22 bits per heavy atom. The molecule has 0 radical (unpaired) electrons. The van der Waals surface area contributed by atoms with E-state index in [0.717, 1.165) is 12.1 Å². The molecular formula is C10H10F3N3O2. The molecule has 0 aromatic carbocycles. The summed E-state index contributed by atoms with van der Waals surface area (Å²) in [6.07, 6.45) is -6.00. The molecule has 0 aliphatic heterocycles. The van der Waals surface area contributed by atoms with Crippen LogP contribution in [0.5, 0.6) is 5.88 Å². The Balaban J connectivity index is 3.02. The summed E-state index contributed by atoms with van der Waals surface area (Å²) >= 11 is 0. The van der Waals surface area contributed by atoms with E-state index in [1.807, 2.05) is 0 Å². The van der Waals surface area contributed by atoms with E-state index in [9.17, 15) is 13.2 Å². The second kappa shape index (κ2) is 5.55. The first-order valence-corrected chi connectivity index (χ1v) is 4.82. The van der Waals surface area contributed by atoms with Gasteiger partial charge in [-0.15, -0.1) is 0 Å². The van der Waals surface area contributed by atoms with Gasteiger partial charge in [0.05, 0.1) is 25.3 Å². The van der Waals surface area contributed by atoms with Crippen LogP contribution in [0.4, 0.5) is 19.0 Å². The minimum atomic E-state index is -4.58. The summed E-state index contributed by atoms with van der Waals surface area (Å²) in [7, 11) is 1.27. The van der Waals surface area contributed by atoms with Crippen LogP contribution in [0.2, 0.25) is 0 Å². The van der Waals surface area contributed by atoms with Crippen LogP contribution in [0.25, 0.3) is 0 Å². The normalized spacial score (nSPS) is 12.7. The Bertz CT molecular complexity index is 457. The van der Waals surface area contributed by atoms with Gasteiger partial charge in [-0.2, -0.15) is 23.4 Å². The van der Waals surface area contributed by atoms with Crippen LogP contribution in [0.3, 0.4) is 0 Å². The number of nitrogens with one attached hydrogen (secondary N) is 1. The maximum atomic E-state index is 12.6. The Morgan fingerprint density at radius 3 is 2.72 bits per heavy atom. The molecule has 0 bridgehead atoms. The van der Waals surface area contributed by atoms with E-state index in [1.165, 1.54) is 13.2 Å². The van der Waals surface area contributed by atoms with Gasteiger partial charge in [0.25, 0.3) is 0 Å². The molecule has 1 unspecified atom stereocenters. The van der Waals surface area contributed by atoms with Crippen LogP contribution >= 0.6 is 0 Å². The number of anilines is 1. The molecule has 1 atom stereocenters. The van der Waals surface area contributed by atoms with Gasteiger partial charge in [0.1, 0.15) is 5.82 Å². The average Bonchev–Trinajstić information content (AvgIpc) is 2.34. The van der Waals surface area contributed by atoms with Crippen molar-refractivity contribution < 1.29 is 23.0 Å². The predicted octanol–water partition coefficient (Wildman–Crippen LogP) is 1.41. The minimum absolute atomic E-state index is 0.00283. The SMILES string of the molecule is COc1ccc(C(F)(F)F)c(NCC(O)C#N)n1. The number of rotatable bonds is 4. The van der Waals surface area contributed by atoms with Gasteiger partial charge in [-0.3, -0.25) is 0 Å². The fourth-order valence-electron chi connectivity index (χ4n) is 1.16. The maximum absolute atomic E-state index is 12.6. The van der Waals surface area contributed by atoms with Crippen LogP contribution in [-0.4, -0.2) is 29.8 Å². The van der Waals surface area contributed by atoms with Crippen LogP contribution in [0.15, 0.2) is 12.1 Å². The lowest BCUT2D eigenvalue weighted by molar-refractivity contribution is -0.137. The number of halogens is 3. The fraction of sp³-hybridized carbons (Fsp3) is 0.400. The third kappa shape index (κ3) is 3.49. The summed E-state index contributed by atoms with van der Waals surface area (Å²) in [5.41, 5.74) is -0.992. The number of nitrogens with zero attached hydrogens (tertiary/aromatic N) is 2. The summed E-state index contributed by atoms with van der Waals surface area (Å²) in [5, 5.41) is 19.6. The van der Waals surface area contributed by atoms with Gasteiger partial charge in [-0.25, -0.2) is 0 Å². The van der Waals surface area contributed by atoms with Crippen molar-refractivity contribution in [2.45, 2.75) is 12.3 Å². The lowest BCUT2D eigenvalue weighted by Crippen LogP contribution is -2.20. The molecule has 0 saturated heterocycles. The number of methoxy groups -OCH3 is 1. The number of aliphatic hydroxyl groups excluding tert-OH is 1. The number of ether oxygens (including phenoxy) is 1. The lowest BCUT2D eigenvalue weighted by atomic mass is 10.2. The van der Waals surface area contributed by atoms with Crippen LogP contribution < -0.4 is 10.1 Å². The van der Waals surface area contributed by atoms with Gasteiger partial charge < -0.3 is 15.2 Å². The molecule has 0 aliphatic carbocycles. The molecule has 1 rings (SSSR count). The first kappa shape index (κ1) is 14.1. The molecule has 5 nitrogen and oxygen atoms in total. The van der Waals surface area contributed by atoms with E-state index in [1.54, 1.807) is 0 Å². The van der Waals surface area contributed by atoms with Crippen LogP contribution in [0, 0.1) is 11.3 Å². The van der Waals surface area contributed by atoms with E-state index >= 15 is 0 Å². The number of aliphatic hydroxyl groups is 1. The number of alkyl halides is 3. The smallest absolute Gasteiger partial charge is 0.419 e. The molecule has 0 aliphatic rings. The molecule has 0 fully saturated rings. The zero-order chi connectivity index (χ0) is 13.8. The number of hydrogen-bond donors (Lipinski definition) is 2. The highest BCUT2D eigenvalue weighted by Crippen LogP contribution is 2.34. The molecule has 0 amide bonds. The van der Waals surface area contributed by atoms with Gasteiger partial charge >= 0.3 is 6.18 Å². The van der Waals surface area contributed by atoms with E-state index in [2.05, 4.69) is 10.3 Å². The first-order valence-electron chi connectivity index (χ1n) is 4.82. The lowest BCUT2D eigenvalue weighted by Gasteiger charge is -2.14. The van der Waals surface area contributed by atoms with Crippen molar-refractivity contribution in [3.05, 3.63) is 17.7 Å². The van der Waals surface area contributed by atoms with Crippen molar-refractivity contribution >= 4 is 5.82 Å². The minimum Gasteiger partial charge on any atom is -0.481 e. The second-order valence-electron chi connectivity index (χ2n) is 3.27. The standard InChI is InChI=1S/C10H10F3N3O2/c1-18-8-3-2-7(10(11,12)13)9(16-8)15-5-6(17)4-14/h2-3,6,17H,5H2,1H3,(H,15,16). The number of nitriles is 1. The van der Waals surface area contributed by atoms with Gasteiger partial charge in [0.15, 0.2) is 6.10 Å².